The van der Waals surface area contributed by atoms with Crippen LogP contribution in [0, 0.1) is 0 Å². The molecule has 0 saturated heterocycles. The number of aromatic nitrogens is 2. The van der Waals surface area contributed by atoms with Crippen molar-refractivity contribution in [1.29, 1.82) is 0 Å². The number of methoxy groups -OCH3 is 1. The second kappa shape index (κ2) is 6.93. The summed E-state index contributed by atoms with van der Waals surface area (Å²) in [5.41, 5.74) is 2.74. The summed E-state index contributed by atoms with van der Waals surface area (Å²) in [5, 5.41) is 7.54. The van der Waals surface area contributed by atoms with Crippen LogP contribution in [0.1, 0.15) is 21.6 Å². The Morgan fingerprint density at radius 2 is 1.93 bits per heavy atom. The van der Waals surface area contributed by atoms with E-state index in [0.717, 1.165) is 22.7 Å². The molecule has 3 heterocycles. The second-order valence-corrected chi connectivity index (χ2v) is 8.09. The number of carbonyl (C=O) groups is 1. The number of carbonyl (C=O) groups excluding carboxylic acids is 1. The van der Waals surface area contributed by atoms with Crippen LogP contribution in [0.2, 0.25) is 0 Å². The van der Waals surface area contributed by atoms with Crippen LogP contribution in [0.4, 0.5) is 5.82 Å². The second-order valence-electron chi connectivity index (χ2n) is 6.63. The van der Waals surface area contributed by atoms with E-state index < -0.39 is 10.8 Å². The maximum absolute atomic E-state index is 12.9. The van der Waals surface area contributed by atoms with Crippen molar-refractivity contribution >= 4 is 22.5 Å². The van der Waals surface area contributed by atoms with Crippen LogP contribution in [0.25, 0.3) is 5.69 Å². The predicted octanol–water partition coefficient (Wildman–Crippen LogP) is 2.62. The molecule has 0 fully saturated rings. The molecule has 0 spiro atoms. The van der Waals surface area contributed by atoms with Gasteiger partial charge in [-0.05, 0) is 42.5 Å². The molecule has 0 unspecified atom stereocenters. The van der Waals surface area contributed by atoms with Crippen LogP contribution in [-0.4, -0.2) is 33.8 Å². The number of ether oxygens (including phenoxy) is 3. The smallest absolute Gasteiger partial charge is 0.256 e. The zero-order valence-corrected chi connectivity index (χ0v) is 16.3. The van der Waals surface area contributed by atoms with E-state index in [2.05, 4.69) is 10.4 Å². The van der Waals surface area contributed by atoms with E-state index in [9.17, 15) is 9.00 Å². The first kappa shape index (κ1) is 17.7. The van der Waals surface area contributed by atoms with Gasteiger partial charge in [0, 0.05) is 21.9 Å². The summed E-state index contributed by atoms with van der Waals surface area (Å²) in [5.74, 6) is 2.83. The molecule has 2 aliphatic heterocycles. The quantitative estimate of drug-likeness (QED) is 0.710. The highest BCUT2D eigenvalue weighted by Crippen LogP contribution is 2.34. The largest absolute Gasteiger partial charge is 0.497 e. The van der Waals surface area contributed by atoms with Crippen molar-refractivity contribution in [3.8, 4) is 22.9 Å². The lowest BCUT2D eigenvalue weighted by Crippen LogP contribution is -2.16. The Morgan fingerprint density at radius 1 is 1.14 bits per heavy atom. The fraction of sp³-hybridized carbons (Fsp3) is 0.200. The van der Waals surface area contributed by atoms with Crippen LogP contribution >= 0.6 is 0 Å². The molecule has 0 aliphatic carbocycles. The number of nitrogens with zero attached hydrogens (tertiary/aromatic N) is 2. The zero-order valence-electron chi connectivity index (χ0n) is 15.5. The molecule has 2 aromatic carbocycles. The average Bonchev–Trinajstić information content (AvgIpc) is 3.42. The van der Waals surface area contributed by atoms with Gasteiger partial charge in [-0.3, -0.25) is 9.00 Å². The molecule has 3 aromatic rings. The van der Waals surface area contributed by atoms with Gasteiger partial charge in [0.2, 0.25) is 6.79 Å². The standard InChI is InChI=1S/C20H17N3O5S/c1-26-14-5-3-13(4-6-14)23-19(15-9-29(25)10-16(15)22-23)21-20(24)12-2-7-17-18(8-12)28-11-27-17/h2-8H,9-11H2,1H3,(H,21,24)/t29-/m1/s1. The number of benzene rings is 2. The third-order valence-electron chi connectivity index (χ3n) is 4.85. The zero-order chi connectivity index (χ0) is 20.0. The molecule has 29 heavy (non-hydrogen) atoms. The van der Waals surface area contributed by atoms with Crippen LogP contribution in [0.5, 0.6) is 17.2 Å². The molecular formula is C20H17N3O5S. The van der Waals surface area contributed by atoms with E-state index in [4.69, 9.17) is 14.2 Å². The fourth-order valence-corrected chi connectivity index (χ4v) is 4.65. The number of hydrogen-bond acceptors (Lipinski definition) is 6. The first-order valence-electron chi connectivity index (χ1n) is 8.93. The third-order valence-corrected chi connectivity index (χ3v) is 6.06. The first-order valence-corrected chi connectivity index (χ1v) is 10.4. The van der Waals surface area contributed by atoms with Gasteiger partial charge in [0.15, 0.2) is 11.5 Å². The SMILES string of the molecule is COc1ccc(-n2nc3c(c2NC(=O)c2ccc4c(c2)OCO4)C[S@@](=O)C3)cc1. The van der Waals surface area contributed by atoms with Gasteiger partial charge in [-0.25, -0.2) is 4.68 Å². The predicted molar refractivity (Wildman–Crippen MR) is 106 cm³/mol. The highest BCUT2D eigenvalue weighted by molar-refractivity contribution is 7.83. The van der Waals surface area contributed by atoms with Crippen molar-refractivity contribution < 1.29 is 23.2 Å². The summed E-state index contributed by atoms with van der Waals surface area (Å²) in [6.45, 7) is 0.143. The number of nitrogens with one attached hydrogen (secondary N) is 1. The van der Waals surface area contributed by atoms with Gasteiger partial charge in [0.1, 0.15) is 11.6 Å². The summed E-state index contributed by atoms with van der Waals surface area (Å²) in [7, 11) is 0.590. The van der Waals surface area contributed by atoms with Crippen molar-refractivity contribution in [1.82, 2.24) is 9.78 Å². The lowest BCUT2D eigenvalue weighted by atomic mass is 10.2. The molecule has 0 saturated carbocycles. The topological polar surface area (TPSA) is 91.7 Å². The van der Waals surface area contributed by atoms with E-state index in [1.54, 1.807) is 30.0 Å². The average molecular weight is 411 g/mol. The van der Waals surface area contributed by atoms with Crippen molar-refractivity contribution in [2.45, 2.75) is 11.5 Å². The van der Waals surface area contributed by atoms with Crippen molar-refractivity contribution in [3.63, 3.8) is 0 Å². The highest BCUT2D eigenvalue weighted by atomic mass is 32.2. The molecule has 148 valence electrons. The van der Waals surface area contributed by atoms with E-state index in [1.165, 1.54) is 0 Å². The van der Waals surface area contributed by atoms with Crippen LogP contribution in [0.15, 0.2) is 42.5 Å². The lowest BCUT2D eigenvalue weighted by Gasteiger charge is -2.12. The van der Waals surface area contributed by atoms with Gasteiger partial charge in [-0.15, -0.1) is 0 Å². The summed E-state index contributed by atoms with van der Waals surface area (Å²) < 4.78 is 29.6. The summed E-state index contributed by atoms with van der Waals surface area (Å²) in [4.78, 5) is 12.9. The Morgan fingerprint density at radius 3 is 2.72 bits per heavy atom. The number of amides is 1. The summed E-state index contributed by atoms with van der Waals surface area (Å²) in [6, 6.07) is 12.4. The van der Waals surface area contributed by atoms with Gasteiger partial charge in [0.25, 0.3) is 5.91 Å². The van der Waals surface area contributed by atoms with Gasteiger partial charge in [-0.1, -0.05) is 0 Å². The van der Waals surface area contributed by atoms with Gasteiger partial charge >= 0.3 is 0 Å². The first-order chi connectivity index (χ1) is 14.1. The van der Waals surface area contributed by atoms with E-state index in [1.807, 2.05) is 24.3 Å². The number of anilines is 1. The molecule has 5 rings (SSSR count). The van der Waals surface area contributed by atoms with Gasteiger partial charge in [0.05, 0.1) is 30.0 Å². The Labute approximate surface area is 168 Å². The number of rotatable bonds is 4. The number of hydrogen-bond donors (Lipinski definition) is 1. The molecule has 8 nitrogen and oxygen atoms in total. The Bertz CT molecular complexity index is 1140. The Hall–Kier alpha value is -3.33. The van der Waals surface area contributed by atoms with Crippen LogP contribution < -0.4 is 19.5 Å². The maximum atomic E-state index is 12.9. The van der Waals surface area contributed by atoms with Crippen LogP contribution in [0.3, 0.4) is 0 Å². The monoisotopic (exact) mass is 411 g/mol. The Kier molecular flexibility index (Phi) is 4.24. The molecule has 1 aromatic heterocycles. The molecule has 1 atom stereocenters. The van der Waals surface area contributed by atoms with E-state index in [-0.39, 0.29) is 12.7 Å². The third kappa shape index (κ3) is 3.13. The highest BCUT2D eigenvalue weighted by Gasteiger charge is 2.29. The molecular weight excluding hydrogens is 394 g/mol. The Balaban J connectivity index is 1.51. The van der Waals surface area contributed by atoms with Crippen molar-refractivity contribution in [2.24, 2.45) is 0 Å². The minimum absolute atomic E-state index is 0.143. The summed E-state index contributed by atoms with van der Waals surface area (Å²) >= 11 is 0. The molecule has 2 aliphatic rings. The molecule has 9 heteroatoms. The fourth-order valence-electron chi connectivity index (χ4n) is 3.38. The van der Waals surface area contributed by atoms with E-state index in [0.29, 0.717) is 34.4 Å². The minimum atomic E-state index is -1.01. The minimum Gasteiger partial charge on any atom is -0.497 e. The van der Waals surface area contributed by atoms with E-state index >= 15 is 0 Å². The van der Waals surface area contributed by atoms with Gasteiger partial charge < -0.3 is 19.5 Å². The summed E-state index contributed by atoms with van der Waals surface area (Å²) in [6.07, 6.45) is 0. The molecule has 1 amide bonds. The van der Waals surface area contributed by atoms with Crippen molar-refractivity contribution in [3.05, 3.63) is 59.3 Å². The van der Waals surface area contributed by atoms with Crippen molar-refractivity contribution in [2.75, 3.05) is 19.2 Å². The molecule has 0 radical (unpaired) electrons. The lowest BCUT2D eigenvalue weighted by molar-refractivity contribution is 0.102. The molecule has 0 bridgehead atoms. The van der Waals surface area contributed by atoms with Crippen LogP contribution in [-0.2, 0) is 22.3 Å². The normalized spacial score (nSPS) is 16.5. The number of fused-ring (bicyclic) bond motifs is 2. The molecule has 1 N–H and O–H groups in total. The maximum Gasteiger partial charge on any atom is 0.256 e. The van der Waals surface area contributed by atoms with Gasteiger partial charge in [-0.2, -0.15) is 5.10 Å².